The van der Waals surface area contributed by atoms with E-state index in [0.29, 0.717) is 26.2 Å². The SMILES string of the molecule is CC(=O)N1CCCN(C(=O)NCc2ccnc(N(C)C)c2)CC1. The third-order valence-electron chi connectivity index (χ3n) is 3.94. The molecule has 0 aromatic carbocycles. The zero-order valence-corrected chi connectivity index (χ0v) is 14.1. The fourth-order valence-corrected chi connectivity index (χ4v) is 2.54. The van der Waals surface area contributed by atoms with Crippen LogP contribution < -0.4 is 10.2 Å². The predicted octanol–water partition coefficient (Wildman–Crippen LogP) is 0.911. The molecule has 7 heteroatoms. The first-order chi connectivity index (χ1) is 11.0. The van der Waals surface area contributed by atoms with Gasteiger partial charge in [-0.1, -0.05) is 0 Å². The lowest BCUT2D eigenvalue weighted by Gasteiger charge is -2.22. The Bertz CT molecular complexity index is 561. The highest BCUT2D eigenvalue weighted by Crippen LogP contribution is 2.10. The van der Waals surface area contributed by atoms with E-state index in [4.69, 9.17) is 0 Å². The Kier molecular flexibility index (Phi) is 5.78. The van der Waals surface area contributed by atoms with Crippen LogP contribution in [0.4, 0.5) is 10.6 Å². The van der Waals surface area contributed by atoms with Gasteiger partial charge in [-0.15, -0.1) is 0 Å². The van der Waals surface area contributed by atoms with E-state index in [1.165, 1.54) is 0 Å². The largest absolute Gasteiger partial charge is 0.363 e. The monoisotopic (exact) mass is 319 g/mol. The van der Waals surface area contributed by atoms with E-state index in [9.17, 15) is 9.59 Å². The van der Waals surface area contributed by atoms with Gasteiger partial charge in [0.05, 0.1) is 0 Å². The number of pyridine rings is 1. The Labute approximate surface area is 137 Å². The number of urea groups is 1. The number of carbonyl (C=O) groups is 2. The summed E-state index contributed by atoms with van der Waals surface area (Å²) in [6, 6.07) is 3.77. The normalized spacial score (nSPS) is 15.1. The lowest BCUT2D eigenvalue weighted by molar-refractivity contribution is -0.128. The summed E-state index contributed by atoms with van der Waals surface area (Å²) >= 11 is 0. The van der Waals surface area contributed by atoms with Crippen LogP contribution in [0.2, 0.25) is 0 Å². The summed E-state index contributed by atoms with van der Waals surface area (Å²) in [6.07, 6.45) is 2.56. The first-order valence-electron chi connectivity index (χ1n) is 7.88. The van der Waals surface area contributed by atoms with Crippen LogP contribution in [0.3, 0.4) is 0 Å². The van der Waals surface area contributed by atoms with Crippen molar-refractivity contribution < 1.29 is 9.59 Å². The predicted molar refractivity (Wildman–Crippen MR) is 89.2 cm³/mol. The molecule has 1 aromatic heterocycles. The van der Waals surface area contributed by atoms with Crippen LogP contribution in [0.15, 0.2) is 18.3 Å². The molecule has 126 valence electrons. The minimum atomic E-state index is -0.0846. The second-order valence-corrected chi connectivity index (χ2v) is 5.92. The van der Waals surface area contributed by atoms with Gasteiger partial charge < -0.3 is 20.0 Å². The highest BCUT2D eigenvalue weighted by molar-refractivity contribution is 5.75. The zero-order valence-electron chi connectivity index (χ0n) is 14.1. The lowest BCUT2D eigenvalue weighted by atomic mass is 10.2. The van der Waals surface area contributed by atoms with Crippen LogP contribution in [-0.4, -0.2) is 67.0 Å². The molecule has 3 amide bonds. The molecule has 0 unspecified atom stereocenters. The smallest absolute Gasteiger partial charge is 0.317 e. The standard InChI is InChI=1S/C16H25N5O2/c1-13(22)20-7-4-8-21(10-9-20)16(23)18-12-14-5-6-17-15(11-14)19(2)3/h5-6,11H,4,7-10,12H2,1-3H3,(H,18,23). The molecule has 23 heavy (non-hydrogen) atoms. The summed E-state index contributed by atoms with van der Waals surface area (Å²) in [5.74, 6) is 0.934. The van der Waals surface area contributed by atoms with Gasteiger partial charge in [-0.25, -0.2) is 9.78 Å². The number of nitrogens with zero attached hydrogens (tertiary/aromatic N) is 4. The molecule has 0 spiro atoms. The molecule has 1 aromatic rings. The van der Waals surface area contributed by atoms with E-state index in [0.717, 1.165) is 24.3 Å². The van der Waals surface area contributed by atoms with Gasteiger partial charge in [-0.2, -0.15) is 0 Å². The van der Waals surface area contributed by atoms with Crippen molar-refractivity contribution in [2.24, 2.45) is 0 Å². The number of hydrogen-bond donors (Lipinski definition) is 1. The number of hydrogen-bond acceptors (Lipinski definition) is 4. The molecule has 0 aliphatic carbocycles. The topological polar surface area (TPSA) is 68.8 Å². The molecular weight excluding hydrogens is 294 g/mol. The van der Waals surface area contributed by atoms with Gasteiger partial charge in [0.25, 0.3) is 0 Å². The van der Waals surface area contributed by atoms with Crippen LogP contribution in [-0.2, 0) is 11.3 Å². The van der Waals surface area contributed by atoms with Crippen molar-refractivity contribution in [2.75, 3.05) is 45.2 Å². The fraction of sp³-hybridized carbons (Fsp3) is 0.562. The van der Waals surface area contributed by atoms with Crippen molar-refractivity contribution in [3.63, 3.8) is 0 Å². The van der Waals surface area contributed by atoms with E-state index in [2.05, 4.69) is 10.3 Å². The van der Waals surface area contributed by atoms with Gasteiger partial charge in [0.2, 0.25) is 5.91 Å². The van der Waals surface area contributed by atoms with Crippen LogP contribution in [0.5, 0.6) is 0 Å². The minimum absolute atomic E-state index is 0.0697. The van der Waals surface area contributed by atoms with Crippen molar-refractivity contribution in [3.05, 3.63) is 23.9 Å². The number of anilines is 1. The van der Waals surface area contributed by atoms with Crippen LogP contribution in [0, 0.1) is 0 Å². The molecular formula is C16H25N5O2. The molecule has 2 heterocycles. The van der Waals surface area contributed by atoms with Crippen molar-refractivity contribution >= 4 is 17.8 Å². The van der Waals surface area contributed by atoms with Crippen molar-refractivity contribution in [1.82, 2.24) is 20.1 Å². The van der Waals surface area contributed by atoms with Crippen LogP contribution in [0.25, 0.3) is 0 Å². The molecule has 1 aliphatic rings. The van der Waals surface area contributed by atoms with Gasteiger partial charge in [0.15, 0.2) is 0 Å². The van der Waals surface area contributed by atoms with Gasteiger partial charge in [0, 0.05) is 59.9 Å². The molecule has 1 fully saturated rings. The zero-order chi connectivity index (χ0) is 16.8. The molecule has 1 aliphatic heterocycles. The molecule has 7 nitrogen and oxygen atoms in total. The third-order valence-corrected chi connectivity index (χ3v) is 3.94. The lowest BCUT2D eigenvalue weighted by Crippen LogP contribution is -2.42. The van der Waals surface area contributed by atoms with Crippen molar-refractivity contribution in [1.29, 1.82) is 0 Å². The second-order valence-electron chi connectivity index (χ2n) is 5.92. The van der Waals surface area contributed by atoms with E-state index < -0.39 is 0 Å². The quantitative estimate of drug-likeness (QED) is 0.899. The van der Waals surface area contributed by atoms with E-state index in [-0.39, 0.29) is 11.9 Å². The molecule has 0 saturated carbocycles. The summed E-state index contributed by atoms with van der Waals surface area (Å²) in [7, 11) is 3.87. The number of carbonyl (C=O) groups excluding carboxylic acids is 2. The molecule has 2 rings (SSSR count). The molecule has 0 bridgehead atoms. The summed E-state index contributed by atoms with van der Waals surface area (Å²) in [5.41, 5.74) is 1.01. The average Bonchev–Trinajstić information content (AvgIpc) is 2.79. The average molecular weight is 319 g/mol. The minimum Gasteiger partial charge on any atom is -0.363 e. The van der Waals surface area contributed by atoms with Crippen molar-refractivity contribution in [3.8, 4) is 0 Å². The summed E-state index contributed by atoms with van der Waals surface area (Å²) in [6.45, 7) is 4.61. The van der Waals surface area contributed by atoms with E-state index in [1.54, 1.807) is 22.9 Å². The van der Waals surface area contributed by atoms with Crippen LogP contribution >= 0.6 is 0 Å². The Morgan fingerprint density at radius 3 is 2.61 bits per heavy atom. The highest BCUT2D eigenvalue weighted by Gasteiger charge is 2.19. The highest BCUT2D eigenvalue weighted by atomic mass is 16.2. The summed E-state index contributed by atoms with van der Waals surface area (Å²) in [4.78, 5) is 33.5. The van der Waals surface area contributed by atoms with Gasteiger partial charge >= 0.3 is 6.03 Å². The Hall–Kier alpha value is -2.31. The number of amides is 3. The molecule has 1 N–H and O–H groups in total. The van der Waals surface area contributed by atoms with Gasteiger partial charge in [-0.05, 0) is 24.1 Å². The maximum Gasteiger partial charge on any atom is 0.317 e. The Balaban J connectivity index is 1.87. The third kappa shape index (κ3) is 4.84. The number of aromatic nitrogens is 1. The van der Waals surface area contributed by atoms with Gasteiger partial charge in [0.1, 0.15) is 5.82 Å². The van der Waals surface area contributed by atoms with E-state index >= 15 is 0 Å². The molecule has 0 radical (unpaired) electrons. The Morgan fingerprint density at radius 2 is 1.91 bits per heavy atom. The van der Waals surface area contributed by atoms with E-state index in [1.807, 2.05) is 31.1 Å². The first-order valence-corrected chi connectivity index (χ1v) is 7.88. The van der Waals surface area contributed by atoms with Crippen molar-refractivity contribution in [2.45, 2.75) is 19.9 Å². The molecule has 1 saturated heterocycles. The number of rotatable bonds is 3. The summed E-state index contributed by atoms with van der Waals surface area (Å²) < 4.78 is 0. The molecule has 0 atom stereocenters. The van der Waals surface area contributed by atoms with Crippen LogP contribution in [0.1, 0.15) is 18.9 Å². The Morgan fingerprint density at radius 1 is 1.22 bits per heavy atom. The first kappa shape index (κ1) is 17.1. The maximum absolute atomic E-state index is 12.3. The fourth-order valence-electron chi connectivity index (χ4n) is 2.54. The summed E-state index contributed by atoms with van der Waals surface area (Å²) in [5, 5.41) is 2.94. The number of nitrogens with one attached hydrogen (secondary N) is 1. The van der Waals surface area contributed by atoms with Gasteiger partial charge in [-0.3, -0.25) is 4.79 Å². The second kappa shape index (κ2) is 7.80. The maximum atomic E-state index is 12.3.